The molecule has 0 radical (unpaired) electrons. The van der Waals surface area contributed by atoms with E-state index in [1.54, 1.807) is 0 Å². The summed E-state index contributed by atoms with van der Waals surface area (Å²) in [6, 6.07) is 14.2. The Morgan fingerprint density at radius 2 is 1.44 bits per heavy atom. The van der Waals surface area contributed by atoms with E-state index in [0.717, 1.165) is 12.1 Å². The van der Waals surface area contributed by atoms with E-state index in [-0.39, 0.29) is 33.5 Å². The van der Waals surface area contributed by atoms with Crippen molar-refractivity contribution in [3.05, 3.63) is 89.2 Å². The van der Waals surface area contributed by atoms with Gasteiger partial charge in [0.25, 0.3) is 18.2 Å². The topological polar surface area (TPSA) is 86.9 Å². The van der Waals surface area contributed by atoms with Crippen LogP contribution in [0, 0.1) is 0 Å². The van der Waals surface area contributed by atoms with E-state index < -0.39 is 35.8 Å². The fraction of sp³-hybridized carbons (Fsp3) is 0.0870. The standard InChI is InChI=1S/C23H15F5N4O2/c24-19(25)20-31-17-8-7-13(10-18(17)32-20)22(34)29-15-5-1-3-12(9-15)21(33)30-16-6-2-4-14(11-16)23(26,27)28/h1-11,19H,(H,29,34)(H,30,33)(H,31,32). The molecular formula is C23H15F5N4O2. The molecule has 34 heavy (non-hydrogen) atoms. The molecule has 0 aliphatic rings. The lowest BCUT2D eigenvalue weighted by atomic mass is 10.1. The third kappa shape index (κ3) is 5.03. The second-order valence-electron chi connectivity index (χ2n) is 7.22. The predicted octanol–water partition coefficient (Wildman–Crippen LogP) is 6.02. The van der Waals surface area contributed by atoms with Crippen LogP contribution in [-0.4, -0.2) is 21.8 Å². The molecule has 0 spiro atoms. The highest BCUT2D eigenvalue weighted by molar-refractivity contribution is 6.08. The molecule has 0 fully saturated rings. The molecule has 0 bridgehead atoms. The number of amides is 2. The number of fused-ring (bicyclic) bond motifs is 1. The van der Waals surface area contributed by atoms with Crippen LogP contribution in [0.25, 0.3) is 11.0 Å². The zero-order valence-electron chi connectivity index (χ0n) is 17.1. The maximum Gasteiger partial charge on any atom is 0.416 e. The molecule has 0 aliphatic heterocycles. The van der Waals surface area contributed by atoms with Crippen LogP contribution in [0.2, 0.25) is 0 Å². The number of hydrogen-bond donors (Lipinski definition) is 3. The number of benzene rings is 3. The van der Waals surface area contributed by atoms with Gasteiger partial charge in [0.15, 0.2) is 5.82 Å². The van der Waals surface area contributed by atoms with Crippen molar-refractivity contribution in [1.29, 1.82) is 0 Å². The summed E-state index contributed by atoms with van der Waals surface area (Å²) in [6.07, 6.45) is -7.33. The quantitative estimate of drug-likeness (QED) is 0.309. The van der Waals surface area contributed by atoms with Gasteiger partial charge < -0.3 is 15.6 Å². The van der Waals surface area contributed by atoms with Gasteiger partial charge in [0.1, 0.15) is 0 Å². The first-order chi connectivity index (χ1) is 16.1. The summed E-state index contributed by atoms with van der Waals surface area (Å²) in [5.41, 5.74) is 0.111. The summed E-state index contributed by atoms with van der Waals surface area (Å²) in [7, 11) is 0. The molecule has 6 nitrogen and oxygen atoms in total. The zero-order chi connectivity index (χ0) is 24.5. The molecule has 3 N–H and O–H groups in total. The molecule has 174 valence electrons. The first-order valence-electron chi connectivity index (χ1n) is 9.78. The number of hydrogen-bond acceptors (Lipinski definition) is 3. The lowest BCUT2D eigenvalue weighted by Gasteiger charge is -2.11. The average molecular weight is 474 g/mol. The van der Waals surface area contributed by atoms with Crippen molar-refractivity contribution in [2.75, 3.05) is 10.6 Å². The minimum Gasteiger partial charge on any atom is -0.337 e. The highest BCUT2D eigenvalue weighted by Crippen LogP contribution is 2.31. The number of imidazole rings is 1. The third-order valence-electron chi connectivity index (χ3n) is 4.80. The normalized spacial score (nSPS) is 11.6. The third-order valence-corrected chi connectivity index (χ3v) is 4.80. The van der Waals surface area contributed by atoms with Crippen molar-refractivity contribution in [2.45, 2.75) is 12.6 Å². The molecule has 3 aromatic carbocycles. The van der Waals surface area contributed by atoms with E-state index in [2.05, 4.69) is 20.6 Å². The summed E-state index contributed by atoms with van der Waals surface area (Å²) >= 11 is 0. The molecular weight excluding hydrogens is 459 g/mol. The van der Waals surface area contributed by atoms with Gasteiger partial charge in [-0.05, 0) is 54.6 Å². The maximum absolute atomic E-state index is 12.9. The van der Waals surface area contributed by atoms with Gasteiger partial charge in [-0.3, -0.25) is 9.59 Å². The van der Waals surface area contributed by atoms with Gasteiger partial charge in [-0.1, -0.05) is 12.1 Å². The highest BCUT2D eigenvalue weighted by atomic mass is 19.4. The SMILES string of the molecule is O=C(Nc1cccc(C(F)(F)F)c1)c1cccc(NC(=O)c2ccc3nc(C(F)F)[nH]c3c2)c1. The number of H-pyrrole nitrogens is 1. The first kappa shape index (κ1) is 22.9. The molecule has 4 aromatic rings. The molecule has 11 heteroatoms. The minimum atomic E-state index is -4.55. The summed E-state index contributed by atoms with van der Waals surface area (Å²) in [6.45, 7) is 0. The molecule has 0 saturated carbocycles. The molecule has 1 aromatic heterocycles. The number of carbonyl (C=O) groups is 2. The number of anilines is 2. The van der Waals surface area contributed by atoms with Crippen LogP contribution in [0.3, 0.4) is 0 Å². The Kier molecular flexibility index (Phi) is 6.01. The molecule has 0 unspecified atom stereocenters. The van der Waals surface area contributed by atoms with E-state index in [9.17, 15) is 31.5 Å². The molecule has 0 saturated heterocycles. The summed E-state index contributed by atoms with van der Waals surface area (Å²) in [5.74, 6) is -1.74. The minimum absolute atomic E-state index is 0.0368. The summed E-state index contributed by atoms with van der Waals surface area (Å²) < 4.78 is 64.2. The highest BCUT2D eigenvalue weighted by Gasteiger charge is 2.30. The second-order valence-corrected chi connectivity index (χ2v) is 7.22. The Hall–Kier alpha value is -4.28. The fourth-order valence-electron chi connectivity index (χ4n) is 3.19. The van der Waals surface area contributed by atoms with Crippen molar-refractivity contribution in [1.82, 2.24) is 9.97 Å². The first-order valence-corrected chi connectivity index (χ1v) is 9.78. The largest absolute Gasteiger partial charge is 0.416 e. The number of rotatable bonds is 5. The van der Waals surface area contributed by atoms with Crippen LogP contribution in [0.4, 0.5) is 33.3 Å². The van der Waals surface area contributed by atoms with Crippen molar-refractivity contribution in [3.63, 3.8) is 0 Å². The van der Waals surface area contributed by atoms with E-state index >= 15 is 0 Å². The molecule has 0 atom stereocenters. The second kappa shape index (κ2) is 8.93. The predicted molar refractivity (Wildman–Crippen MR) is 115 cm³/mol. The van der Waals surface area contributed by atoms with Gasteiger partial charge in [-0.15, -0.1) is 0 Å². The molecule has 2 amide bonds. The number of nitrogens with zero attached hydrogens (tertiary/aromatic N) is 1. The summed E-state index contributed by atoms with van der Waals surface area (Å²) in [5, 5.41) is 4.98. The number of carbonyl (C=O) groups excluding carboxylic acids is 2. The van der Waals surface area contributed by atoms with Gasteiger partial charge in [0, 0.05) is 22.5 Å². The van der Waals surface area contributed by atoms with Crippen molar-refractivity contribution >= 4 is 34.2 Å². The van der Waals surface area contributed by atoms with Crippen LogP contribution in [0.5, 0.6) is 0 Å². The molecule has 1 heterocycles. The number of nitrogens with one attached hydrogen (secondary N) is 3. The molecule has 0 aliphatic carbocycles. The Labute approximate surface area is 188 Å². The van der Waals surface area contributed by atoms with Crippen molar-refractivity contribution in [3.8, 4) is 0 Å². The Morgan fingerprint density at radius 1 is 0.824 bits per heavy atom. The van der Waals surface area contributed by atoms with Crippen molar-refractivity contribution < 1.29 is 31.5 Å². The lowest BCUT2D eigenvalue weighted by Crippen LogP contribution is -2.15. The number of alkyl halides is 5. The van der Waals surface area contributed by atoms with Gasteiger partial charge in [0.05, 0.1) is 16.6 Å². The average Bonchev–Trinajstić information content (AvgIpc) is 3.23. The van der Waals surface area contributed by atoms with Crippen LogP contribution in [0.15, 0.2) is 66.7 Å². The Morgan fingerprint density at radius 3 is 2.09 bits per heavy atom. The van der Waals surface area contributed by atoms with Gasteiger partial charge in [-0.2, -0.15) is 13.2 Å². The lowest BCUT2D eigenvalue weighted by molar-refractivity contribution is -0.137. The van der Waals surface area contributed by atoms with E-state index in [1.807, 2.05) is 0 Å². The monoisotopic (exact) mass is 474 g/mol. The smallest absolute Gasteiger partial charge is 0.337 e. The summed E-state index contributed by atoms with van der Waals surface area (Å²) in [4.78, 5) is 31.3. The van der Waals surface area contributed by atoms with E-state index in [0.29, 0.717) is 0 Å². The van der Waals surface area contributed by atoms with Crippen molar-refractivity contribution in [2.24, 2.45) is 0 Å². The Bertz CT molecular complexity index is 1380. The molecule has 4 rings (SSSR count). The number of aromatic nitrogens is 2. The van der Waals surface area contributed by atoms with E-state index in [4.69, 9.17) is 0 Å². The number of aromatic amines is 1. The fourth-order valence-corrected chi connectivity index (χ4v) is 3.19. The zero-order valence-corrected chi connectivity index (χ0v) is 17.1. The maximum atomic E-state index is 12.9. The number of halogens is 5. The van der Waals surface area contributed by atoms with E-state index in [1.165, 1.54) is 54.6 Å². The van der Waals surface area contributed by atoms with Gasteiger partial charge in [0.2, 0.25) is 0 Å². The van der Waals surface area contributed by atoms with Gasteiger partial charge in [-0.25, -0.2) is 13.8 Å². The van der Waals surface area contributed by atoms with Crippen LogP contribution >= 0.6 is 0 Å². The van der Waals surface area contributed by atoms with Crippen LogP contribution in [-0.2, 0) is 6.18 Å². The van der Waals surface area contributed by atoms with Crippen LogP contribution < -0.4 is 10.6 Å². The van der Waals surface area contributed by atoms with Crippen LogP contribution in [0.1, 0.15) is 38.5 Å². The van der Waals surface area contributed by atoms with Gasteiger partial charge >= 0.3 is 6.18 Å². The Balaban J connectivity index is 1.48.